The highest BCUT2D eigenvalue weighted by Gasteiger charge is 2.23. The van der Waals surface area contributed by atoms with Crippen LogP contribution in [0.15, 0.2) is 63.5 Å². The minimum atomic E-state index is -3.84. The summed E-state index contributed by atoms with van der Waals surface area (Å²) in [5.41, 5.74) is 0.500. The molecule has 9 nitrogen and oxygen atoms in total. The fourth-order valence-corrected chi connectivity index (χ4v) is 4.46. The quantitative estimate of drug-likeness (QED) is 0.444. The zero-order chi connectivity index (χ0) is 20.3. The first-order valence-electron chi connectivity index (χ1n) is 8.23. The number of H-pyrrole nitrogens is 1. The summed E-state index contributed by atoms with van der Waals surface area (Å²) in [6.07, 6.45) is 0. The molecule has 0 amide bonds. The number of aromatic amines is 1. The van der Waals surface area contributed by atoms with Gasteiger partial charge in [0.05, 0.1) is 14.7 Å². The minimum absolute atomic E-state index is 0.169. The van der Waals surface area contributed by atoms with Gasteiger partial charge in [-0.1, -0.05) is 30.3 Å². The van der Waals surface area contributed by atoms with E-state index < -0.39 is 14.9 Å². The molecule has 0 aliphatic rings. The number of aromatic nitrogens is 3. The van der Waals surface area contributed by atoms with Gasteiger partial charge in [-0.3, -0.25) is 15.2 Å². The molecule has 0 aliphatic carbocycles. The number of rotatable bonds is 7. The van der Waals surface area contributed by atoms with Crippen molar-refractivity contribution in [1.29, 1.82) is 0 Å². The zero-order valence-electron chi connectivity index (χ0n) is 15.0. The first-order valence-corrected chi connectivity index (χ1v) is 10.5. The van der Waals surface area contributed by atoms with Gasteiger partial charge in [0.2, 0.25) is 15.2 Å². The lowest BCUT2D eigenvalue weighted by atomic mass is 10.2. The Morgan fingerprint density at radius 3 is 2.54 bits per heavy atom. The SMILES string of the molecule is CC(C)NS(=O)(=O)c1ccc(Sc2n[nH]c(-c3ccccc3)n2)c([N+](=O)[O-])c1. The summed E-state index contributed by atoms with van der Waals surface area (Å²) in [4.78, 5) is 15.2. The molecule has 28 heavy (non-hydrogen) atoms. The van der Waals surface area contributed by atoms with Gasteiger partial charge in [-0.15, -0.1) is 5.10 Å². The van der Waals surface area contributed by atoms with Crippen molar-refractivity contribution in [2.45, 2.75) is 34.8 Å². The van der Waals surface area contributed by atoms with Crippen molar-refractivity contribution in [3.63, 3.8) is 0 Å². The number of hydrogen-bond acceptors (Lipinski definition) is 7. The topological polar surface area (TPSA) is 131 Å². The van der Waals surface area contributed by atoms with Gasteiger partial charge in [0.1, 0.15) is 0 Å². The summed E-state index contributed by atoms with van der Waals surface area (Å²) >= 11 is 0.981. The number of nitro groups is 1. The molecular formula is C17H17N5O4S2. The van der Waals surface area contributed by atoms with Crippen molar-refractivity contribution < 1.29 is 13.3 Å². The van der Waals surface area contributed by atoms with E-state index in [-0.39, 0.29) is 26.7 Å². The fraction of sp³-hybridized carbons (Fsp3) is 0.176. The normalized spacial score (nSPS) is 11.7. The molecule has 0 atom stereocenters. The molecule has 0 aliphatic heterocycles. The van der Waals surface area contributed by atoms with E-state index in [4.69, 9.17) is 0 Å². The Hall–Kier alpha value is -2.76. The highest BCUT2D eigenvalue weighted by Crippen LogP contribution is 2.35. The smallest absolute Gasteiger partial charge is 0.258 e. The molecule has 0 radical (unpaired) electrons. The van der Waals surface area contributed by atoms with Crippen LogP contribution in [0.3, 0.4) is 0 Å². The maximum atomic E-state index is 12.3. The number of benzene rings is 2. The summed E-state index contributed by atoms with van der Waals surface area (Å²) in [6, 6.07) is 12.7. The minimum Gasteiger partial charge on any atom is -0.258 e. The second-order valence-electron chi connectivity index (χ2n) is 6.10. The molecule has 0 fully saturated rings. The van der Waals surface area contributed by atoms with Crippen molar-refractivity contribution in [2.75, 3.05) is 0 Å². The van der Waals surface area contributed by atoms with Gasteiger partial charge in [0.15, 0.2) is 5.82 Å². The van der Waals surface area contributed by atoms with Gasteiger partial charge in [-0.05, 0) is 37.7 Å². The molecule has 3 rings (SSSR count). The third-order valence-corrected chi connectivity index (χ3v) is 6.13. The monoisotopic (exact) mass is 419 g/mol. The molecule has 3 aromatic rings. The van der Waals surface area contributed by atoms with Crippen molar-refractivity contribution in [2.24, 2.45) is 0 Å². The first kappa shape index (κ1) is 20.0. The number of hydrogen-bond donors (Lipinski definition) is 2. The van der Waals surface area contributed by atoms with Gasteiger partial charge in [0.25, 0.3) is 5.69 Å². The van der Waals surface area contributed by atoms with Gasteiger partial charge < -0.3 is 0 Å². The fourth-order valence-electron chi connectivity index (χ4n) is 2.39. The lowest BCUT2D eigenvalue weighted by Crippen LogP contribution is -2.30. The Morgan fingerprint density at radius 2 is 1.89 bits per heavy atom. The summed E-state index contributed by atoms with van der Waals surface area (Å²) < 4.78 is 27.0. The second kappa shape index (κ2) is 8.09. The Balaban J connectivity index is 1.91. The predicted molar refractivity (Wildman–Crippen MR) is 104 cm³/mol. The van der Waals surface area contributed by atoms with Crippen LogP contribution in [0.4, 0.5) is 5.69 Å². The summed E-state index contributed by atoms with van der Waals surface area (Å²) in [5, 5.41) is 18.6. The second-order valence-corrected chi connectivity index (χ2v) is 8.82. The van der Waals surface area contributed by atoms with E-state index in [0.717, 1.165) is 23.4 Å². The Kier molecular flexibility index (Phi) is 5.77. The Bertz CT molecular complexity index is 1100. The lowest BCUT2D eigenvalue weighted by Gasteiger charge is -2.10. The van der Waals surface area contributed by atoms with Gasteiger partial charge in [0, 0.05) is 17.7 Å². The highest BCUT2D eigenvalue weighted by molar-refractivity contribution is 7.99. The maximum Gasteiger partial charge on any atom is 0.284 e. The third-order valence-electron chi connectivity index (χ3n) is 3.54. The van der Waals surface area contributed by atoms with E-state index >= 15 is 0 Å². The van der Waals surface area contributed by atoms with Crippen LogP contribution in [0.2, 0.25) is 0 Å². The molecule has 1 heterocycles. The number of sulfonamides is 1. The average Bonchev–Trinajstić information content (AvgIpc) is 3.10. The molecule has 0 saturated carbocycles. The molecular weight excluding hydrogens is 402 g/mol. The average molecular weight is 419 g/mol. The van der Waals surface area contributed by atoms with Crippen LogP contribution in [0.25, 0.3) is 11.4 Å². The van der Waals surface area contributed by atoms with Crippen molar-refractivity contribution in [1.82, 2.24) is 19.9 Å². The molecule has 0 saturated heterocycles. The van der Waals surface area contributed by atoms with Crippen LogP contribution in [-0.2, 0) is 10.0 Å². The van der Waals surface area contributed by atoms with Crippen LogP contribution < -0.4 is 4.72 Å². The Labute approximate surface area is 165 Å². The molecule has 0 spiro atoms. The van der Waals surface area contributed by atoms with Gasteiger partial charge in [-0.25, -0.2) is 18.1 Å². The molecule has 2 aromatic carbocycles. The van der Waals surface area contributed by atoms with Crippen LogP contribution in [0.1, 0.15) is 13.8 Å². The zero-order valence-corrected chi connectivity index (χ0v) is 16.6. The standard InChI is InChI=1S/C17H17N5O4S2/c1-11(2)21-28(25,26)13-8-9-15(14(10-13)22(23)24)27-17-18-16(19-20-17)12-6-4-3-5-7-12/h3-11,21H,1-2H3,(H,18,19,20). The number of nitro benzene ring substituents is 1. The molecule has 11 heteroatoms. The van der Waals surface area contributed by atoms with Crippen LogP contribution in [0.5, 0.6) is 0 Å². The molecule has 0 unspecified atom stereocenters. The summed E-state index contributed by atoms with van der Waals surface area (Å²) in [5.74, 6) is 0.533. The van der Waals surface area contributed by atoms with Crippen LogP contribution in [-0.4, -0.2) is 34.6 Å². The van der Waals surface area contributed by atoms with Crippen molar-refractivity contribution in [3.8, 4) is 11.4 Å². The molecule has 2 N–H and O–H groups in total. The van der Waals surface area contributed by atoms with E-state index in [2.05, 4.69) is 19.9 Å². The van der Waals surface area contributed by atoms with Gasteiger partial charge >= 0.3 is 0 Å². The van der Waals surface area contributed by atoms with Crippen molar-refractivity contribution >= 4 is 27.5 Å². The first-order chi connectivity index (χ1) is 13.3. The largest absolute Gasteiger partial charge is 0.284 e. The van der Waals surface area contributed by atoms with E-state index in [1.54, 1.807) is 13.8 Å². The maximum absolute atomic E-state index is 12.3. The predicted octanol–water partition coefficient (Wildman–Crippen LogP) is 3.22. The lowest BCUT2D eigenvalue weighted by molar-refractivity contribution is -0.388. The highest BCUT2D eigenvalue weighted by atomic mass is 32.2. The van der Waals surface area contributed by atoms with Gasteiger partial charge in [-0.2, -0.15) is 0 Å². The summed E-state index contributed by atoms with van der Waals surface area (Å²) in [7, 11) is -3.84. The third kappa shape index (κ3) is 4.55. The number of nitrogens with one attached hydrogen (secondary N) is 2. The van der Waals surface area contributed by atoms with Crippen molar-refractivity contribution in [3.05, 3.63) is 58.6 Å². The van der Waals surface area contributed by atoms with E-state index in [1.807, 2.05) is 30.3 Å². The summed E-state index contributed by atoms with van der Waals surface area (Å²) in [6.45, 7) is 3.34. The van der Waals surface area contributed by atoms with Crippen LogP contribution >= 0.6 is 11.8 Å². The molecule has 1 aromatic heterocycles. The van der Waals surface area contributed by atoms with E-state index in [9.17, 15) is 18.5 Å². The molecule has 0 bridgehead atoms. The van der Waals surface area contributed by atoms with Crippen LogP contribution in [0, 0.1) is 10.1 Å². The Morgan fingerprint density at radius 1 is 1.18 bits per heavy atom. The van der Waals surface area contributed by atoms with E-state index in [1.165, 1.54) is 12.1 Å². The van der Waals surface area contributed by atoms with E-state index in [0.29, 0.717) is 5.82 Å². The number of nitrogens with zero attached hydrogens (tertiary/aromatic N) is 3. The molecule has 146 valence electrons.